The molecular weight excluding hydrogens is 310 g/mol. The highest BCUT2D eigenvalue weighted by atomic mass is 32.1. The van der Waals surface area contributed by atoms with Gasteiger partial charge in [-0.15, -0.1) is 16.4 Å². The Morgan fingerprint density at radius 3 is 3.04 bits per heavy atom. The third-order valence-electron chi connectivity index (χ3n) is 3.68. The molecule has 0 aliphatic carbocycles. The second kappa shape index (κ2) is 7.37. The molecule has 1 atom stereocenters. The molecular formula is C17H19N3O2S. The van der Waals surface area contributed by atoms with Crippen molar-refractivity contribution < 1.29 is 9.53 Å². The van der Waals surface area contributed by atoms with E-state index in [2.05, 4.69) is 10.2 Å². The summed E-state index contributed by atoms with van der Waals surface area (Å²) in [5.74, 6) is 0.547. The number of carbonyl (C=O) groups is 1. The van der Waals surface area contributed by atoms with Crippen LogP contribution in [0.1, 0.15) is 23.4 Å². The van der Waals surface area contributed by atoms with E-state index in [1.54, 1.807) is 17.4 Å². The molecule has 5 nitrogen and oxygen atoms in total. The quantitative estimate of drug-likeness (QED) is 0.809. The fourth-order valence-corrected chi connectivity index (χ4v) is 3.12. The number of rotatable bonds is 4. The van der Waals surface area contributed by atoms with Gasteiger partial charge >= 0.3 is 0 Å². The van der Waals surface area contributed by atoms with Crippen LogP contribution in [0.2, 0.25) is 0 Å². The lowest BCUT2D eigenvalue weighted by Crippen LogP contribution is -2.43. The van der Waals surface area contributed by atoms with Crippen molar-refractivity contribution in [3.05, 3.63) is 46.3 Å². The van der Waals surface area contributed by atoms with Gasteiger partial charge in [0, 0.05) is 23.6 Å². The molecule has 23 heavy (non-hydrogen) atoms. The molecule has 0 N–H and O–H groups in total. The van der Waals surface area contributed by atoms with E-state index >= 15 is 0 Å². The zero-order valence-electron chi connectivity index (χ0n) is 13.0. The van der Waals surface area contributed by atoms with E-state index < -0.39 is 0 Å². The Morgan fingerprint density at radius 2 is 2.30 bits per heavy atom. The lowest BCUT2D eigenvalue weighted by Gasteiger charge is -2.31. The standard InChI is InChI=1S/C17H19N3O2S/c1-13-6-8-16(19-18-13)22-14-4-2-10-20(12-14)17(21)9-7-15-5-3-11-23-15/h3,5-9,11,14H,2,4,10,12H2,1H3/b9-7+. The van der Waals surface area contributed by atoms with E-state index in [-0.39, 0.29) is 12.0 Å². The van der Waals surface area contributed by atoms with E-state index in [1.165, 1.54) is 0 Å². The SMILES string of the molecule is Cc1ccc(OC2CCCN(C(=O)/C=C/c3cccs3)C2)nn1. The molecule has 120 valence electrons. The van der Waals surface area contributed by atoms with Gasteiger partial charge in [-0.2, -0.15) is 5.10 Å². The topological polar surface area (TPSA) is 55.3 Å². The van der Waals surface area contributed by atoms with Crippen molar-refractivity contribution in [2.45, 2.75) is 25.9 Å². The van der Waals surface area contributed by atoms with Crippen molar-refractivity contribution >= 4 is 23.3 Å². The maximum atomic E-state index is 12.3. The molecule has 1 unspecified atom stereocenters. The predicted molar refractivity (Wildman–Crippen MR) is 90.4 cm³/mol. The van der Waals surface area contributed by atoms with Gasteiger partial charge in [0.25, 0.3) is 0 Å². The predicted octanol–water partition coefficient (Wildman–Crippen LogP) is 2.93. The number of aromatic nitrogens is 2. The second-order valence-electron chi connectivity index (χ2n) is 5.53. The first-order valence-electron chi connectivity index (χ1n) is 7.68. The number of nitrogens with zero attached hydrogens (tertiary/aromatic N) is 3. The molecule has 1 amide bonds. The lowest BCUT2D eigenvalue weighted by atomic mass is 10.1. The fraction of sp³-hybridized carbons (Fsp3) is 0.353. The number of amides is 1. The maximum Gasteiger partial charge on any atom is 0.246 e. The third kappa shape index (κ3) is 4.39. The van der Waals surface area contributed by atoms with Crippen LogP contribution in [0.4, 0.5) is 0 Å². The minimum absolute atomic E-state index is 0.0279. The molecule has 3 rings (SSSR count). The highest BCUT2D eigenvalue weighted by Crippen LogP contribution is 2.17. The van der Waals surface area contributed by atoms with Crippen LogP contribution in [0.3, 0.4) is 0 Å². The van der Waals surface area contributed by atoms with Crippen LogP contribution in [-0.4, -0.2) is 40.2 Å². The molecule has 1 aliphatic rings. The van der Waals surface area contributed by atoms with Crippen molar-refractivity contribution in [1.29, 1.82) is 0 Å². The summed E-state index contributed by atoms with van der Waals surface area (Å²) in [5, 5.41) is 10.0. The van der Waals surface area contributed by atoms with Crippen molar-refractivity contribution in [3.63, 3.8) is 0 Å². The Morgan fingerprint density at radius 1 is 1.39 bits per heavy atom. The highest BCUT2D eigenvalue weighted by molar-refractivity contribution is 7.10. The third-order valence-corrected chi connectivity index (χ3v) is 4.52. The largest absolute Gasteiger partial charge is 0.471 e. The van der Waals surface area contributed by atoms with Gasteiger partial charge in [-0.25, -0.2) is 0 Å². The monoisotopic (exact) mass is 329 g/mol. The number of ether oxygens (including phenoxy) is 1. The van der Waals surface area contributed by atoms with E-state index in [0.717, 1.165) is 30.0 Å². The summed E-state index contributed by atoms with van der Waals surface area (Å²) in [4.78, 5) is 15.2. The van der Waals surface area contributed by atoms with Crippen LogP contribution in [0.25, 0.3) is 6.08 Å². The molecule has 0 spiro atoms. The summed E-state index contributed by atoms with van der Waals surface area (Å²) in [6.45, 7) is 3.24. The summed E-state index contributed by atoms with van der Waals surface area (Å²) in [7, 11) is 0. The Labute approximate surface area is 139 Å². The van der Waals surface area contributed by atoms with E-state index in [0.29, 0.717) is 12.4 Å². The van der Waals surface area contributed by atoms with E-state index in [1.807, 2.05) is 47.5 Å². The van der Waals surface area contributed by atoms with Gasteiger partial charge in [0.15, 0.2) is 0 Å². The Hall–Kier alpha value is -2.21. The lowest BCUT2D eigenvalue weighted by molar-refractivity contribution is -0.128. The summed E-state index contributed by atoms with van der Waals surface area (Å²) < 4.78 is 5.85. The van der Waals surface area contributed by atoms with Crippen molar-refractivity contribution in [1.82, 2.24) is 15.1 Å². The Kier molecular flexibility index (Phi) is 5.02. The number of likely N-dealkylation sites (tertiary alicyclic amines) is 1. The number of carbonyl (C=O) groups excluding carboxylic acids is 1. The molecule has 0 bridgehead atoms. The van der Waals surface area contributed by atoms with Gasteiger partial charge in [-0.05, 0) is 43.4 Å². The molecule has 0 aromatic carbocycles. The zero-order valence-corrected chi connectivity index (χ0v) is 13.8. The molecule has 2 aromatic rings. The smallest absolute Gasteiger partial charge is 0.246 e. The molecule has 0 saturated carbocycles. The Bertz CT molecular complexity index is 668. The molecule has 2 aromatic heterocycles. The van der Waals surface area contributed by atoms with E-state index in [4.69, 9.17) is 4.74 Å². The van der Waals surface area contributed by atoms with Gasteiger partial charge in [0.1, 0.15) is 6.10 Å². The molecule has 0 radical (unpaired) electrons. The second-order valence-corrected chi connectivity index (χ2v) is 6.51. The maximum absolute atomic E-state index is 12.3. The van der Waals surface area contributed by atoms with Crippen LogP contribution in [0, 0.1) is 6.92 Å². The molecule has 3 heterocycles. The van der Waals surface area contributed by atoms with Crippen molar-refractivity contribution in [2.24, 2.45) is 0 Å². The van der Waals surface area contributed by atoms with Crippen LogP contribution < -0.4 is 4.74 Å². The minimum atomic E-state index is -0.0279. The van der Waals surface area contributed by atoms with Gasteiger partial charge in [-0.3, -0.25) is 4.79 Å². The summed E-state index contributed by atoms with van der Waals surface area (Å²) in [5.41, 5.74) is 0.858. The average molecular weight is 329 g/mol. The highest BCUT2D eigenvalue weighted by Gasteiger charge is 2.24. The van der Waals surface area contributed by atoms with Crippen molar-refractivity contribution in [2.75, 3.05) is 13.1 Å². The number of aryl methyl sites for hydroxylation is 1. The first-order chi connectivity index (χ1) is 11.2. The molecule has 1 aliphatic heterocycles. The first-order valence-corrected chi connectivity index (χ1v) is 8.56. The number of hydrogen-bond acceptors (Lipinski definition) is 5. The van der Waals surface area contributed by atoms with Gasteiger partial charge in [0.2, 0.25) is 11.8 Å². The minimum Gasteiger partial charge on any atom is -0.471 e. The first kappa shape index (κ1) is 15.7. The van der Waals surface area contributed by atoms with Gasteiger partial charge < -0.3 is 9.64 Å². The summed E-state index contributed by atoms with van der Waals surface area (Å²) in [6, 6.07) is 7.66. The zero-order chi connectivity index (χ0) is 16.1. The van der Waals surface area contributed by atoms with Gasteiger partial charge in [0.05, 0.1) is 12.2 Å². The van der Waals surface area contributed by atoms with E-state index in [9.17, 15) is 4.79 Å². The van der Waals surface area contributed by atoms with Gasteiger partial charge in [-0.1, -0.05) is 6.07 Å². The fourth-order valence-electron chi connectivity index (χ4n) is 2.50. The van der Waals surface area contributed by atoms with Crippen molar-refractivity contribution in [3.8, 4) is 5.88 Å². The van der Waals surface area contributed by atoms with Crippen LogP contribution in [0.15, 0.2) is 35.7 Å². The number of thiophene rings is 1. The molecule has 6 heteroatoms. The molecule has 1 saturated heterocycles. The number of hydrogen-bond donors (Lipinski definition) is 0. The summed E-state index contributed by atoms with van der Waals surface area (Å²) in [6.07, 6.45) is 5.33. The normalized spacial score (nSPS) is 18.3. The van der Waals surface area contributed by atoms with Crippen LogP contribution in [0.5, 0.6) is 5.88 Å². The van der Waals surface area contributed by atoms with Crippen LogP contribution in [-0.2, 0) is 4.79 Å². The van der Waals surface area contributed by atoms with Crippen LogP contribution >= 0.6 is 11.3 Å². The Balaban J connectivity index is 1.57. The average Bonchev–Trinajstić information content (AvgIpc) is 3.08. The molecule has 1 fully saturated rings. The number of piperidine rings is 1. The summed E-state index contributed by atoms with van der Waals surface area (Å²) >= 11 is 1.62.